The highest BCUT2D eigenvalue weighted by Gasteiger charge is 2.20. The Balaban J connectivity index is -0.000000194. The van der Waals surface area contributed by atoms with E-state index in [1.807, 2.05) is 49.0 Å². The molecule has 7 nitrogen and oxygen atoms in total. The molecule has 2 aliphatic carbocycles. The summed E-state index contributed by atoms with van der Waals surface area (Å²) in [6.07, 6.45) is 7.15. The molecule has 0 aliphatic heterocycles. The fraction of sp³-hybridized carbons (Fsp3) is 0.412. The van der Waals surface area contributed by atoms with Gasteiger partial charge in [0.15, 0.2) is 0 Å². The molecule has 186 valence electrons. The van der Waals surface area contributed by atoms with Gasteiger partial charge in [-0.2, -0.15) is 0 Å². The van der Waals surface area contributed by atoms with Crippen molar-refractivity contribution in [2.45, 2.75) is 34.6 Å². The number of nitrogens with zero attached hydrogens (tertiary/aromatic N) is 1. The zero-order valence-electron chi connectivity index (χ0n) is 16.8. The minimum Gasteiger partial charge on any atom is -0.448 e. The van der Waals surface area contributed by atoms with Gasteiger partial charge in [0.2, 0.25) is 0 Å². The summed E-state index contributed by atoms with van der Waals surface area (Å²) in [5.74, 6) is -0.556. The summed E-state index contributed by atoms with van der Waals surface area (Å²) in [7, 11) is 11.7. The quantitative estimate of drug-likeness (QED) is 0.199. The lowest BCUT2D eigenvalue weighted by Crippen LogP contribution is -2.07. The Labute approximate surface area is 225 Å². The Morgan fingerprint density at radius 1 is 1.06 bits per heavy atom. The molecule has 2 N–H and O–H groups in total. The van der Waals surface area contributed by atoms with E-state index in [0.717, 1.165) is 11.4 Å². The van der Waals surface area contributed by atoms with Gasteiger partial charge >= 0.3 is 11.9 Å². The van der Waals surface area contributed by atoms with E-state index in [9.17, 15) is 9.59 Å². The minimum atomic E-state index is -0.282. The molecule has 0 fully saturated rings. The first-order valence-electron chi connectivity index (χ1n) is 8.04. The van der Waals surface area contributed by atoms with E-state index in [4.69, 9.17) is 0 Å². The summed E-state index contributed by atoms with van der Waals surface area (Å²) in [6, 6.07) is 0. The summed E-state index contributed by atoms with van der Waals surface area (Å²) in [6.45, 7) is 2.00. The van der Waals surface area contributed by atoms with Crippen LogP contribution in [0, 0.1) is 0 Å². The predicted molar refractivity (Wildman–Crippen MR) is 169 cm³/mol. The highest BCUT2D eigenvalue weighted by atomic mass is 127. The first-order chi connectivity index (χ1) is 14.4. The van der Waals surface area contributed by atoms with Gasteiger partial charge in [0.25, 0.3) is 0 Å². The Morgan fingerprint density at radius 2 is 1.50 bits per heavy atom. The topological polar surface area (TPSA) is 89.0 Å². The van der Waals surface area contributed by atoms with Gasteiger partial charge in [-0.25, -0.2) is 14.0 Å². The van der Waals surface area contributed by atoms with E-state index in [2.05, 4.69) is 76.5 Å². The molecule has 0 aromatic rings. The molecule has 15 heteroatoms. The van der Waals surface area contributed by atoms with Crippen molar-refractivity contribution in [3.8, 4) is 0 Å². The van der Waals surface area contributed by atoms with Crippen molar-refractivity contribution in [2.24, 2.45) is 4.36 Å². The lowest BCUT2D eigenvalue weighted by atomic mass is 10.2. The zero-order valence-corrected chi connectivity index (χ0v) is 26.4. The number of nitrogens with one attached hydrogen (secondary N) is 2. The van der Waals surface area contributed by atoms with Crippen LogP contribution in [0.2, 0.25) is 0 Å². The van der Waals surface area contributed by atoms with Crippen LogP contribution in [0.3, 0.4) is 0 Å². The SMILES string of the molecule is C.C.CC1=CC(NPP)=C(C(=O)OP)C1.CI.CN=S.O=C(OP)C1=C(NPP)C=CC1. The van der Waals surface area contributed by atoms with Gasteiger partial charge in [-0.1, -0.05) is 67.0 Å². The van der Waals surface area contributed by atoms with E-state index in [0.29, 0.717) is 40.8 Å². The van der Waals surface area contributed by atoms with E-state index in [1.165, 1.54) is 5.57 Å². The van der Waals surface area contributed by atoms with Crippen LogP contribution in [0.4, 0.5) is 0 Å². The average Bonchev–Trinajstić information content (AvgIpc) is 3.36. The summed E-state index contributed by atoms with van der Waals surface area (Å²) in [4.78, 5) is 24.4. The van der Waals surface area contributed by atoms with Crippen LogP contribution in [0.1, 0.15) is 34.6 Å². The normalized spacial score (nSPS) is 13.4. The molecule has 0 spiro atoms. The summed E-state index contributed by atoms with van der Waals surface area (Å²) in [5.41, 5.74) is 4.34. The molecule has 6 atom stereocenters. The van der Waals surface area contributed by atoms with E-state index in [-0.39, 0.29) is 26.8 Å². The smallest absolute Gasteiger partial charge is 0.338 e. The van der Waals surface area contributed by atoms with Gasteiger partial charge in [-0.05, 0) is 47.3 Å². The van der Waals surface area contributed by atoms with Gasteiger partial charge in [0.1, 0.15) is 0 Å². The second-order valence-corrected chi connectivity index (χ2v) is 8.74. The maximum atomic E-state index is 11.3. The monoisotopic (exact) mass is 691 g/mol. The molecular weight excluding hydrogens is 655 g/mol. The minimum absolute atomic E-state index is 0. The second-order valence-electron chi connectivity index (χ2n) is 5.09. The van der Waals surface area contributed by atoms with Crippen molar-refractivity contribution in [3.63, 3.8) is 0 Å². The zero-order chi connectivity index (χ0) is 23.5. The molecule has 0 aromatic heterocycles. The third-order valence-electron chi connectivity index (χ3n) is 3.22. The Hall–Kier alpha value is 0.830. The van der Waals surface area contributed by atoms with Crippen molar-refractivity contribution >= 4 is 101 Å². The lowest BCUT2D eigenvalue weighted by Gasteiger charge is -2.05. The fourth-order valence-corrected chi connectivity index (χ4v) is 4.15. The largest absolute Gasteiger partial charge is 0.448 e. The van der Waals surface area contributed by atoms with E-state index >= 15 is 0 Å². The van der Waals surface area contributed by atoms with E-state index in [1.54, 1.807) is 7.05 Å². The molecule has 2 rings (SSSR count). The first kappa shape index (κ1) is 40.0. The Bertz CT molecular complexity index is 706. The van der Waals surface area contributed by atoms with Crippen molar-refractivity contribution < 1.29 is 18.6 Å². The molecule has 0 amide bonds. The molecule has 0 heterocycles. The van der Waals surface area contributed by atoms with Crippen LogP contribution in [0.5, 0.6) is 0 Å². The summed E-state index contributed by atoms with van der Waals surface area (Å²) in [5, 5.41) is 6.21. The van der Waals surface area contributed by atoms with Crippen LogP contribution >= 0.6 is 76.2 Å². The van der Waals surface area contributed by atoms with Crippen LogP contribution in [-0.2, 0) is 31.1 Å². The highest BCUT2D eigenvalue weighted by molar-refractivity contribution is 14.1. The summed E-state index contributed by atoms with van der Waals surface area (Å²) >= 11 is 6.17. The fourth-order valence-electron chi connectivity index (χ4n) is 2.17. The van der Waals surface area contributed by atoms with Crippen LogP contribution in [-0.4, -0.2) is 23.9 Å². The van der Waals surface area contributed by atoms with Gasteiger partial charge in [-0.15, -0.1) is 0 Å². The van der Waals surface area contributed by atoms with Crippen molar-refractivity contribution in [1.29, 1.82) is 0 Å². The van der Waals surface area contributed by atoms with Gasteiger partial charge < -0.3 is 19.2 Å². The molecule has 2 aliphatic rings. The van der Waals surface area contributed by atoms with Crippen LogP contribution in [0.25, 0.3) is 0 Å². The highest BCUT2D eigenvalue weighted by Crippen LogP contribution is 2.29. The molecule has 6 unspecified atom stereocenters. The van der Waals surface area contributed by atoms with Crippen molar-refractivity contribution in [2.75, 3.05) is 12.0 Å². The van der Waals surface area contributed by atoms with Crippen molar-refractivity contribution in [1.82, 2.24) is 10.2 Å². The summed E-state index contributed by atoms with van der Waals surface area (Å²) < 4.78 is 12.2. The van der Waals surface area contributed by atoms with Crippen LogP contribution in [0.15, 0.2) is 50.7 Å². The molecule has 0 saturated heterocycles. The molecule has 32 heavy (non-hydrogen) atoms. The molecule has 0 bridgehead atoms. The Morgan fingerprint density at radius 3 is 1.94 bits per heavy atom. The average molecular weight is 691 g/mol. The number of hydrogen-bond acceptors (Lipinski definition) is 8. The van der Waals surface area contributed by atoms with Crippen LogP contribution < -0.4 is 10.2 Å². The number of rotatable bonds is 6. The van der Waals surface area contributed by atoms with E-state index < -0.39 is 0 Å². The maximum Gasteiger partial charge on any atom is 0.338 e. The van der Waals surface area contributed by atoms with Gasteiger partial charge in [0, 0.05) is 37.3 Å². The number of carbonyl (C=O) groups is 2. The number of carbonyl (C=O) groups excluding carboxylic acids is 2. The molecule has 0 radical (unpaired) electrons. The number of halogens is 1. The predicted octanol–water partition coefficient (Wildman–Crippen LogP) is 6.07. The number of allylic oxidation sites excluding steroid dienone is 4. The first-order valence-corrected chi connectivity index (χ1v) is 17.1. The standard InChI is InChI=1S/C7H12NO2P3.C6H10NO2P3.CH3I.CH3NS.2CH4/c1-4-2-5(7(9)10-11)6(3-4)8-13-12;8-6(9-10)4-2-1-3-5(4)7-12-11;1-2;1-2-3;;/h3,8,13H,2,11-12H2,1H3;1,3,7,12H,2,10-11H2;1H3;1H3;2*1H4. The molecule has 0 saturated carbocycles. The van der Waals surface area contributed by atoms with Gasteiger partial charge in [0.05, 0.1) is 30.1 Å². The Kier molecular flexibility index (Phi) is 33.1. The van der Waals surface area contributed by atoms with Gasteiger partial charge in [-0.3, -0.25) is 0 Å². The van der Waals surface area contributed by atoms with Crippen molar-refractivity contribution in [3.05, 3.63) is 46.3 Å². The third-order valence-corrected chi connectivity index (χ3v) is 5.35. The molecule has 0 aromatic carbocycles. The number of alkyl halides is 1. The second kappa shape index (κ2) is 26.4. The maximum absolute atomic E-state index is 11.3. The number of hydrogen-bond donors (Lipinski definition) is 2. The molecular formula is C17H36IN3O4P6S. The third kappa shape index (κ3) is 16.5. The lowest BCUT2D eigenvalue weighted by molar-refractivity contribution is -0.130.